The summed E-state index contributed by atoms with van der Waals surface area (Å²) in [7, 11) is 0. The van der Waals surface area contributed by atoms with Crippen LogP contribution in [-0.2, 0) is 19.1 Å². The molecule has 7 heteroatoms. The van der Waals surface area contributed by atoms with Crippen LogP contribution in [0.25, 0.3) is 0 Å². The van der Waals surface area contributed by atoms with Crippen LogP contribution in [0.4, 0.5) is 5.69 Å². The molecule has 2 N–H and O–H groups in total. The van der Waals surface area contributed by atoms with Gasteiger partial charge in [0.15, 0.2) is 0 Å². The van der Waals surface area contributed by atoms with Crippen molar-refractivity contribution in [2.75, 3.05) is 17.7 Å². The van der Waals surface area contributed by atoms with Gasteiger partial charge in [0.1, 0.15) is 6.04 Å². The average molecular weight is 364 g/mol. The van der Waals surface area contributed by atoms with Gasteiger partial charge in [0.25, 0.3) is 0 Å². The number of benzene rings is 1. The van der Waals surface area contributed by atoms with Crippen LogP contribution in [0.2, 0.25) is 0 Å². The number of nitrogens with one attached hydrogen (secondary N) is 2. The Morgan fingerprint density at radius 2 is 2.00 bits per heavy atom. The zero-order valence-electron chi connectivity index (χ0n) is 14.7. The first kappa shape index (κ1) is 19.3. The minimum atomic E-state index is -0.639. The number of rotatable bonds is 6. The van der Waals surface area contributed by atoms with Gasteiger partial charge < -0.3 is 15.4 Å². The van der Waals surface area contributed by atoms with Gasteiger partial charge in [0, 0.05) is 17.9 Å². The predicted octanol–water partition coefficient (Wildman–Crippen LogP) is 2.30. The van der Waals surface area contributed by atoms with Crippen molar-refractivity contribution in [3.8, 4) is 0 Å². The van der Waals surface area contributed by atoms with E-state index in [-0.39, 0.29) is 24.8 Å². The Labute approximate surface area is 152 Å². The summed E-state index contributed by atoms with van der Waals surface area (Å²) in [5.74, 6) is -0.124. The summed E-state index contributed by atoms with van der Waals surface area (Å²) in [4.78, 5) is 35.9. The minimum absolute atomic E-state index is 0.0674. The summed E-state index contributed by atoms with van der Waals surface area (Å²) >= 11 is 1.31. The monoisotopic (exact) mass is 364 g/mol. The quantitative estimate of drug-likeness (QED) is 0.757. The predicted molar refractivity (Wildman–Crippen MR) is 98.6 cm³/mol. The molecule has 0 radical (unpaired) electrons. The summed E-state index contributed by atoms with van der Waals surface area (Å²) in [5, 5.41) is 4.93. The Balaban J connectivity index is 1.84. The fraction of sp³-hybridized carbons (Fsp3) is 0.500. The van der Waals surface area contributed by atoms with Gasteiger partial charge >= 0.3 is 5.97 Å². The maximum atomic E-state index is 12.2. The molecule has 0 spiro atoms. The number of esters is 1. The van der Waals surface area contributed by atoms with E-state index in [1.807, 2.05) is 24.3 Å². The van der Waals surface area contributed by atoms with E-state index in [2.05, 4.69) is 24.5 Å². The van der Waals surface area contributed by atoms with Crippen molar-refractivity contribution in [2.45, 2.75) is 44.4 Å². The van der Waals surface area contributed by atoms with E-state index in [0.29, 0.717) is 17.4 Å². The highest BCUT2D eigenvalue weighted by Gasteiger charge is 2.34. The van der Waals surface area contributed by atoms with Crippen LogP contribution in [0.1, 0.15) is 38.7 Å². The number of anilines is 1. The van der Waals surface area contributed by atoms with Gasteiger partial charge in [-0.2, -0.15) is 0 Å². The molecule has 1 aromatic rings. The van der Waals surface area contributed by atoms with Crippen molar-refractivity contribution >= 4 is 35.2 Å². The molecule has 2 amide bonds. The highest BCUT2D eigenvalue weighted by molar-refractivity contribution is 8.00. The normalized spacial score (nSPS) is 20.1. The Morgan fingerprint density at radius 3 is 2.56 bits per heavy atom. The number of carbonyl (C=O) groups is 3. The zero-order chi connectivity index (χ0) is 18.4. The van der Waals surface area contributed by atoms with Gasteiger partial charge in [-0.25, -0.2) is 4.79 Å². The van der Waals surface area contributed by atoms with Crippen LogP contribution in [0.3, 0.4) is 0 Å². The molecule has 136 valence electrons. The van der Waals surface area contributed by atoms with Crippen molar-refractivity contribution in [2.24, 2.45) is 0 Å². The second-order valence-corrected chi connectivity index (χ2v) is 7.40. The topological polar surface area (TPSA) is 84.5 Å². The van der Waals surface area contributed by atoms with Crippen LogP contribution in [0, 0.1) is 0 Å². The largest absolute Gasteiger partial charge is 0.464 e. The summed E-state index contributed by atoms with van der Waals surface area (Å²) < 4.78 is 4.91. The van der Waals surface area contributed by atoms with Gasteiger partial charge in [0.05, 0.1) is 11.9 Å². The van der Waals surface area contributed by atoms with Crippen LogP contribution < -0.4 is 10.6 Å². The molecular formula is C18H24N2O4S. The first-order valence-corrected chi connectivity index (χ1v) is 9.44. The first-order valence-electron chi connectivity index (χ1n) is 8.39. The molecule has 0 aliphatic carbocycles. The van der Waals surface area contributed by atoms with Crippen molar-refractivity contribution in [1.29, 1.82) is 0 Å². The maximum Gasteiger partial charge on any atom is 0.329 e. The number of ether oxygens (including phenoxy) is 1. The van der Waals surface area contributed by atoms with Crippen LogP contribution in [-0.4, -0.2) is 41.4 Å². The molecule has 0 unspecified atom stereocenters. The third-order valence-corrected chi connectivity index (χ3v) is 5.18. The average Bonchev–Trinajstić information content (AvgIpc) is 2.57. The lowest BCUT2D eigenvalue weighted by atomic mass is 10.0. The standard InChI is InChI=1S/C18H24N2O4S/c1-4-24-18(23)14-10-25-15(17(22)20-14)9-16(21)19-13-7-5-12(6-8-13)11(2)3/h5-8,11,14-15H,4,9-10H2,1-3H3,(H,19,21)(H,20,22)/t14-,15+/m1/s1. The molecule has 2 rings (SSSR count). The number of hydrogen-bond acceptors (Lipinski definition) is 5. The van der Waals surface area contributed by atoms with Crippen molar-refractivity contribution in [3.63, 3.8) is 0 Å². The smallest absolute Gasteiger partial charge is 0.329 e. The van der Waals surface area contributed by atoms with E-state index in [4.69, 9.17) is 4.74 Å². The molecule has 6 nitrogen and oxygen atoms in total. The molecule has 25 heavy (non-hydrogen) atoms. The number of hydrogen-bond donors (Lipinski definition) is 2. The van der Waals surface area contributed by atoms with E-state index in [1.54, 1.807) is 6.92 Å². The number of thioether (sulfide) groups is 1. The van der Waals surface area contributed by atoms with Crippen LogP contribution in [0.5, 0.6) is 0 Å². The highest BCUT2D eigenvalue weighted by Crippen LogP contribution is 2.23. The van der Waals surface area contributed by atoms with Crippen molar-refractivity contribution in [1.82, 2.24) is 5.32 Å². The lowest BCUT2D eigenvalue weighted by molar-refractivity contribution is -0.146. The lowest BCUT2D eigenvalue weighted by Crippen LogP contribution is -2.51. The van der Waals surface area contributed by atoms with Gasteiger partial charge in [-0.05, 0) is 30.5 Å². The van der Waals surface area contributed by atoms with Crippen molar-refractivity contribution in [3.05, 3.63) is 29.8 Å². The first-order chi connectivity index (χ1) is 11.9. The summed E-state index contributed by atoms with van der Waals surface area (Å²) in [6.45, 7) is 6.21. The van der Waals surface area contributed by atoms with Crippen molar-refractivity contribution < 1.29 is 19.1 Å². The van der Waals surface area contributed by atoms with Gasteiger partial charge in [0.2, 0.25) is 11.8 Å². The molecule has 0 aromatic heterocycles. The molecule has 1 aliphatic heterocycles. The maximum absolute atomic E-state index is 12.2. The van der Waals surface area contributed by atoms with E-state index < -0.39 is 17.3 Å². The molecule has 1 heterocycles. The number of carbonyl (C=O) groups excluding carboxylic acids is 3. The fourth-order valence-electron chi connectivity index (χ4n) is 2.45. The Hall–Kier alpha value is -2.02. The Kier molecular flexibility index (Phi) is 6.87. The molecule has 1 aliphatic rings. The minimum Gasteiger partial charge on any atom is -0.464 e. The van der Waals surface area contributed by atoms with E-state index >= 15 is 0 Å². The fourth-order valence-corrected chi connectivity index (χ4v) is 3.58. The van der Waals surface area contributed by atoms with E-state index in [1.165, 1.54) is 17.3 Å². The molecule has 1 aromatic carbocycles. The second-order valence-electron chi connectivity index (χ2n) is 6.16. The summed E-state index contributed by atoms with van der Waals surface area (Å²) in [6.07, 6.45) is 0.0674. The SMILES string of the molecule is CCOC(=O)[C@H]1CS[C@@H](CC(=O)Nc2ccc(C(C)C)cc2)C(=O)N1. The molecule has 1 saturated heterocycles. The van der Waals surface area contributed by atoms with E-state index in [0.717, 1.165) is 0 Å². The van der Waals surface area contributed by atoms with Crippen LogP contribution >= 0.6 is 11.8 Å². The molecule has 0 saturated carbocycles. The molecule has 2 atom stereocenters. The van der Waals surface area contributed by atoms with Crippen LogP contribution in [0.15, 0.2) is 24.3 Å². The summed E-state index contributed by atoms with van der Waals surface area (Å²) in [5.41, 5.74) is 1.91. The third kappa shape index (κ3) is 5.49. The highest BCUT2D eigenvalue weighted by atomic mass is 32.2. The molecule has 1 fully saturated rings. The third-order valence-electron chi connectivity index (χ3n) is 3.88. The Bertz CT molecular complexity index is 630. The second kappa shape index (κ2) is 8.89. The summed E-state index contributed by atoms with van der Waals surface area (Å²) in [6, 6.07) is 7.04. The molecular weight excluding hydrogens is 340 g/mol. The van der Waals surface area contributed by atoms with Gasteiger partial charge in [-0.1, -0.05) is 26.0 Å². The lowest BCUT2D eigenvalue weighted by Gasteiger charge is -2.27. The molecule has 0 bridgehead atoms. The number of amides is 2. The van der Waals surface area contributed by atoms with E-state index in [9.17, 15) is 14.4 Å². The van der Waals surface area contributed by atoms with Gasteiger partial charge in [-0.3, -0.25) is 9.59 Å². The Morgan fingerprint density at radius 1 is 1.32 bits per heavy atom. The van der Waals surface area contributed by atoms with Gasteiger partial charge in [-0.15, -0.1) is 11.8 Å². The zero-order valence-corrected chi connectivity index (χ0v) is 15.5.